The molecule has 2 aromatic carbocycles. The van der Waals surface area contributed by atoms with Crippen molar-refractivity contribution in [3.8, 4) is 0 Å². The minimum atomic E-state index is 0.422. The van der Waals surface area contributed by atoms with E-state index in [2.05, 4.69) is 30.4 Å². The Morgan fingerprint density at radius 2 is 1.75 bits per heavy atom. The van der Waals surface area contributed by atoms with Crippen molar-refractivity contribution >= 4 is 23.2 Å². The Hall–Kier alpha value is -1.02. The van der Waals surface area contributed by atoms with Gasteiger partial charge in [0.05, 0.1) is 0 Å². The molecule has 2 aromatic rings. The predicted octanol–water partition coefficient (Wildman–Crippen LogP) is 4.93. The monoisotopic (exact) mass is 307 g/mol. The fraction of sp³-hybridized carbons (Fsp3) is 0.294. The van der Waals surface area contributed by atoms with Gasteiger partial charge in [0.25, 0.3) is 0 Å². The maximum absolute atomic E-state index is 6.07. The van der Waals surface area contributed by atoms with Crippen LogP contribution in [0.15, 0.2) is 48.5 Å². The number of likely N-dealkylation sites (N-methyl/N-ethyl adjacent to an activating group) is 1. The first kappa shape index (κ1) is 15.4. The molecule has 0 bridgehead atoms. The zero-order valence-corrected chi connectivity index (χ0v) is 13.1. The Morgan fingerprint density at radius 1 is 1.00 bits per heavy atom. The molecule has 0 aliphatic carbocycles. The van der Waals surface area contributed by atoms with Crippen LogP contribution < -0.4 is 5.32 Å². The molecule has 0 fully saturated rings. The molecule has 0 heterocycles. The summed E-state index contributed by atoms with van der Waals surface area (Å²) in [5.41, 5.74) is 2.56. The molecule has 1 unspecified atom stereocenters. The summed E-state index contributed by atoms with van der Waals surface area (Å²) in [6.45, 7) is 4.04. The number of halogens is 2. The predicted molar refractivity (Wildman–Crippen MR) is 87.9 cm³/mol. The van der Waals surface area contributed by atoms with Crippen molar-refractivity contribution in [2.24, 2.45) is 0 Å². The number of hydrogen-bond acceptors (Lipinski definition) is 1. The highest BCUT2D eigenvalue weighted by molar-refractivity contribution is 6.30. The van der Waals surface area contributed by atoms with Gasteiger partial charge in [0.2, 0.25) is 0 Å². The molecule has 0 aliphatic rings. The van der Waals surface area contributed by atoms with E-state index in [0.717, 1.165) is 29.6 Å². The van der Waals surface area contributed by atoms with Crippen molar-refractivity contribution in [1.29, 1.82) is 0 Å². The Kier molecular flexibility index (Phi) is 5.90. The molecule has 0 aromatic heterocycles. The van der Waals surface area contributed by atoms with Crippen LogP contribution in [0.25, 0.3) is 0 Å². The Labute approximate surface area is 130 Å². The van der Waals surface area contributed by atoms with Crippen LogP contribution in [0.5, 0.6) is 0 Å². The van der Waals surface area contributed by atoms with Gasteiger partial charge in [-0.05, 0) is 48.4 Å². The summed E-state index contributed by atoms with van der Waals surface area (Å²) in [4.78, 5) is 0. The third-order valence-electron chi connectivity index (χ3n) is 3.35. The number of nitrogens with one attached hydrogen (secondary N) is 1. The van der Waals surface area contributed by atoms with Crippen LogP contribution in [0.3, 0.4) is 0 Å². The van der Waals surface area contributed by atoms with E-state index in [4.69, 9.17) is 23.2 Å². The number of hydrogen-bond donors (Lipinski definition) is 1. The first-order chi connectivity index (χ1) is 9.69. The maximum Gasteiger partial charge on any atom is 0.0408 e. The second-order valence-corrected chi connectivity index (χ2v) is 5.76. The second kappa shape index (κ2) is 7.68. The molecule has 106 valence electrons. The summed E-state index contributed by atoms with van der Waals surface area (Å²) in [7, 11) is 0. The van der Waals surface area contributed by atoms with Crippen molar-refractivity contribution in [2.75, 3.05) is 13.1 Å². The van der Waals surface area contributed by atoms with Gasteiger partial charge in [-0.1, -0.05) is 54.4 Å². The fourth-order valence-electron chi connectivity index (χ4n) is 2.31. The van der Waals surface area contributed by atoms with E-state index in [-0.39, 0.29) is 0 Å². The van der Waals surface area contributed by atoms with Crippen molar-refractivity contribution in [3.63, 3.8) is 0 Å². The van der Waals surface area contributed by atoms with E-state index < -0.39 is 0 Å². The Bertz CT molecular complexity index is 537. The summed E-state index contributed by atoms with van der Waals surface area (Å²) in [6, 6.07) is 16.2. The van der Waals surface area contributed by atoms with E-state index >= 15 is 0 Å². The second-order valence-electron chi connectivity index (χ2n) is 4.89. The SMILES string of the molecule is CCNCC(Cc1cccc(Cl)c1)c1ccc(Cl)cc1. The molecule has 0 aliphatic heterocycles. The lowest BCUT2D eigenvalue weighted by Gasteiger charge is -2.18. The zero-order chi connectivity index (χ0) is 14.4. The minimum absolute atomic E-state index is 0.422. The molecular formula is C17H19Cl2N. The van der Waals surface area contributed by atoms with E-state index in [1.807, 2.05) is 30.3 Å². The van der Waals surface area contributed by atoms with Crippen LogP contribution >= 0.6 is 23.2 Å². The van der Waals surface area contributed by atoms with Crippen molar-refractivity contribution in [3.05, 3.63) is 69.7 Å². The third kappa shape index (κ3) is 4.52. The van der Waals surface area contributed by atoms with Crippen LogP contribution in [0, 0.1) is 0 Å². The first-order valence-electron chi connectivity index (χ1n) is 6.89. The van der Waals surface area contributed by atoms with E-state index in [0.29, 0.717) is 5.92 Å². The maximum atomic E-state index is 6.07. The largest absolute Gasteiger partial charge is 0.316 e. The van der Waals surface area contributed by atoms with Crippen molar-refractivity contribution < 1.29 is 0 Å². The van der Waals surface area contributed by atoms with Gasteiger partial charge in [0.15, 0.2) is 0 Å². The first-order valence-corrected chi connectivity index (χ1v) is 7.65. The normalized spacial score (nSPS) is 12.3. The minimum Gasteiger partial charge on any atom is -0.316 e. The third-order valence-corrected chi connectivity index (χ3v) is 3.84. The lowest BCUT2D eigenvalue weighted by molar-refractivity contribution is 0.595. The standard InChI is InChI=1S/C17H19Cl2N/c1-2-20-12-15(14-6-8-16(18)9-7-14)10-13-4-3-5-17(19)11-13/h3-9,11,15,20H,2,10,12H2,1H3. The molecular weight excluding hydrogens is 289 g/mol. The zero-order valence-electron chi connectivity index (χ0n) is 11.6. The molecule has 0 amide bonds. The highest BCUT2D eigenvalue weighted by atomic mass is 35.5. The Balaban J connectivity index is 2.16. The lowest BCUT2D eigenvalue weighted by atomic mass is 9.92. The Morgan fingerprint density at radius 3 is 2.40 bits per heavy atom. The van der Waals surface area contributed by atoms with Gasteiger partial charge in [-0.2, -0.15) is 0 Å². The van der Waals surface area contributed by atoms with Crippen LogP contribution in [0.2, 0.25) is 10.0 Å². The summed E-state index contributed by atoms with van der Waals surface area (Å²) >= 11 is 12.0. The smallest absolute Gasteiger partial charge is 0.0408 e. The van der Waals surface area contributed by atoms with E-state index in [9.17, 15) is 0 Å². The molecule has 2 rings (SSSR count). The average molecular weight is 308 g/mol. The lowest BCUT2D eigenvalue weighted by Crippen LogP contribution is -2.22. The number of rotatable bonds is 6. The van der Waals surface area contributed by atoms with Gasteiger partial charge in [0.1, 0.15) is 0 Å². The van der Waals surface area contributed by atoms with Crippen molar-refractivity contribution in [2.45, 2.75) is 19.3 Å². The van der Waals surface area contributed by atoms with Gasteiger partial charge in [0, 0.05) is 22.5 Å². The highest BCUT2D eigenvalue weighted by Gasteiger charge is 2.12. The van der Waals surface area contributed by atoms with E-state index in [1.54, 1.807) is 0 Å². The average Bonchev–Trinajstić information content (AvgIpc) is 2.44. The summed E-state index contributed by atoms with van der Waals surface area (Å²) < 4.78 is 0. The molecule has 20 heavy (non-hydrogen) atoms. The van der Waals surface area contributed by atoms with Gasteiger partial charge >= 0.3 is 0 Å². The van der Waals surface area contributed by atoms with Gasteiger partial charge in [-0.25, -0.2) is 0 Å². The molecule has 0 saturated carbocycles. The summed E-state index contributed by atoms with van der Waals surface area (Å²) in [5, 5.41) is 5.00. The van der Waals surface area contributed by atoms with Crippen molar-refractivity contribution in [1.82, 2.24) is 5.32 Å². The molecule has 1 atom stereocenters. The van der Waals surface area contributed by atoms with Gasteiger partial charge in [-0.15, -0.1) is 0 Å². The molecule has 0 radical (unpaired) electrons. The summed E-state index contributed by atoms with van der Waals surface area (Å²) in [6.07, 6.45) is 0.967. The van der Waals surface area contributed by atoms with Gasteiger partial charge < -0.3 is 5.32 Å². The molecule has 3 heteroatoms. The molecule has 0 spiro atoms. The molecule has 0 saturated heterocycles. The van der Waals surface area contributed by atoms with Crippen LogP contribution in [0.1, 0.15) is 24.0 Å². The van der Waals surface area contributed by atoms with Crippen LogP contribution in [-0.4, -0.2) is 13.1 Å². The van der Waals surface area contributed by atoms with Crippen LogP contribution in [-0.2, 0) is 6.42 Å². The van der Waals surface area contributed by atoms with Crippen LogP contribution in [0.4, 0.5) is 0 Å². The topological polar surface area (TPSA) is 12.0 Å². The quantitative estimate of drug-likeness (QED) is 0.798. The number of benzene rings is 2. The highest BCUT2D eigenvalue weighted by Crippen LogP contribution is 2.23. The molecule has 1 N–H and O–H groups in total. The summed E-state index contributed by atoms with van der Waals surface area (Å²) in [5.74, 6) is 0.422. The fourth-order valence-corrected chi connectivity index (χ4v) is 2.65. The van der Waals surface area contributed by atoms with E-state index in [1.165, 1.54) is 11.1 Å². The van der Waals surface area contributed by atoms with Gasteiger partial charge in [-0.3, -0.25) is 0 Å². The molecule has 1 nitrogen and oxygen atoms in total.